The van der Waals surface area contributed by atoms with E-state index < -0.39 is 11.9 Å². The number of hydrogen-bond acceptors (Lipinski definition) is 5. The minimum Gasteiger partial charge on any atom is -0.465 e. The molecule has 110 valence electrons. The predicted octanol–water partition coefficient (Wildman–Crippen LogP) is 2.06. The van der Waals surface area contributed by atoms with Crippen molar-refractivity contribution in [1.29, 1.82) is 0 Å². The number of anilines is 1. The second kappa shape index (κ2) is 6.36. The molecule has 1 amide bonds. The van der Waals surface area contributed by atoms with Crippen molar-refractivity contribution in [3.63, 3.8) is 0 Å². The van der Waals surface area contributed by atoms with Crippen LogP contribution in [0.2, 0.25) is 5.02 Å². The zero-order chi connectivity index (χ0) is 15.4. The van der Waals surface area contributed by atoms with Crippen molar-refractivity contribution in [3.8, 4) is 0 Å². The summed E-state index contributed by atoms with van der Waals surface area (Å²) in [6, 6.07) is 4.43. The van der Waals surface area contributed by atoms with Crippen molar-refractivity contribution < 1.29 is 14.3 Å². The SMILES string of the molecule is CCc1nc(C(=O)Nc2cc(C(=O)OC)ccc2Cl)n[nH]1. The van der Waals surface area contributed by atoms with Crippen LogP contribution < -0.4 is 5.32 Å². The van der Waals surface area contributed by atoms with Crippen LogP contribution in [0.5, 0.6) is 0 Å². The van der Waals surface area contributed by atoms with Crippen molar-refractivity contribution in [3.05, 3.63) is 40.4 Å². The first kappa shape index (κ1) is 15.0. The number of H-pyrrole nitrogens is 1. The molecular formula is C13H13ClN4O3. The van der Waals surface area contributed by atoms with E-state index in [1.807, 2.05) is 6.92 Å². The first-order chi connectivity index (χ1) is 10.0. The quantitative estimate of drug-likeness (QED) is 0.843. The van der Waals surface area contributed by atoms with Crippen LogP contribution in [0.15, 0.2) is 18.2 Å². The lowest BCUT2D eigenvalue weighted by Crippen LogP contribution is -2.15. The van der Waals surface area contributed by atoms with Gasteiger partial charge < -0.3 is 10.1 Å². The number of esters is 1. The van der Waals surface area contributed by atoms with E-state index in [-0.39, 0.29) is 17.1 Å². The van der Waals surface area contributed by atoms with Crippen LogP contribution in [0, 0.1) is 0 Å². The number of hydrogen-bond donors (Lipinski definition) is 2. The van der Waals surface area contributed by atoms with Gasteiger partial charge in [-0.05, 0) is 18.2 Å². The average Bonchev–Trinajstić information content (AvgIpc) is 2.97. The summed E-state index contributed by atoms with van der Waals surface area (Å²) in [6.07, 6.45) is 0.638. The van der Waals surface area contributed by atoms with Crippen molar-refractivity contribution >= 4 is 29.2 Å². The van der Waals surface area contributed by atoms with Gasteiger partial charge in [-0.25, -0.2) is 9.78 Å². The number of halogens is 1. The van der Waals surface area contributed by atoms with Gasteiger partial charge in [-0.1, -0.05) is 18.5 Å². The van der Waals surface area contributed by atoms with Gasteiger partial charge in [0.25, 0.3) is 5.91 Å². The second-order valence-corrected chi connectivity index (χ2v) is 4.51. The maximum atomic E-state index is 12.0. The number of carbonyl (C=O) groups excluding carboxylic acids is 2. The lowest BCUT2D eigenvalue weighted by Gasteiger charge is -2.07. The molecule has 0 saturated heterocycles. The molecule has 7 nitrogen and oxygen atoms in total. The fourth-order valence-corrected chi connectivity index (χ4v) is 1.76. The smallest absolute Gasteiger partial charge is 0.337 e. The van der Waals surface area contributed by atoms with Crippen LogP contribution in [0.3, 0.4) is 0 Å². The Labute approximate surface area is 125 Å². The number of aromatic nitrogens is 3. The van der Waals surface area contributed by atoms with E-state index in [9.17, 15) is 9.59 Å². The van der Waals surface area contributed by atoms with Gasteiger partial charge in [-0.3, -0.25) is 9.89 Å². The summed E-state index contributed by atoms with van der Waals surface area (Å²) in [7, 11) is 1.27. The lowest BCUT2D eigenvalue weighted by atomic mass is 10.2. The number of aromatic amines is 1. The molecule has 0 bridgehead atoms. The average molecular weight is 309 g/mol. The molecule has 0 aliphatic rings. The summed E-state index contributed by atoms with van der Waals surface area (Å²) in [5.41, 5.74) is 0.564. The summed E-state index contributed by atoms with van der Waals surface area (Å²) < 4.78 is 4.61. The van der Waals surface area contributed by atoms with E-state index in [0.29, 0.717) is 17.3 Å². The first-order valence-corrected chi connectivity index (χ1v) is 6.53. The molecule has 0 fully saturated rings. The van der Waals surface area contributed by atoms with Gasteiger partial charge in [0, 0.05) is 6.42 Å². The second-order valence-electron chi connectivity index (χ2n) is 4.10. The van der Waals surface area contributed by atoms with Crippen LogP contribution in [0.25, 0.3) is 0 Å². The maximum Gasteiger partial charge on any atom is 0.337 e. The Morgan fingerprint density at radius 3 is 2.81 bits per heavy atom. The molecule has 0 aliphatic carbocycles. The van der Waals surface area contributed by atoms with Crippen LogP contribution >= 0.6 is 11.6 Å². The molecule has 0 atom stereocenters. The molecule has 2 N–H and O–H groups in total. The van der Waals surface area contributed by atoms with E-state index in [2.05, 4.69) is 25.2 Å². The van der Waals surface area contributed by atoms with Crippen molar-refractivity contribution in [2.24, 2.45) is 0 Å². The summed E-state index contributed by atoms with van der Waals surface area (Å²) in [6.45, 7) is 1.89. The van der Waals surface area contributed by atoms with E-state index >= 15 is 0 Å². The van der Waals surface area contributed by atoms with Gasteiger partial charge in [0.1, 0.15) is 5.82 Å². The van der Waals surface area contributed by atoms with E-state index in [4.69, 9.17) is 11.6 Å². The predicted molar refractivity (Wildman–Crippen MR) is 76.5 cm³/mol. The summed E-state index contributed by atoms with van der Waals surface area (Å²) >= 11 is 5.99. The summed E-state index contributed by atoms with van der Waals surface area (Å²) in [5, 5.41) is 9.30. The normalized spacial score (nSPS) is 10.2. The molecular weight excluding hydrogens is 296 g/mol. The minimum absolute atomic E-state index is 0.00591. The number of carbonyl (C=O) groups is 2. The highest BCUT2D eigenvalue weighted by Crippen LogP contribution is 2.23. The van der Waals surface area contributed by atoms with Gasteiger partial charge in [0.2, 0.25) is 5.82 Å². The Hall–Kier alpha value is -2.41. The molecule has 21 heavy (non-hydrogen) atoms. The fraction of sp³-hybridized carbons (Fsp3) is 0.231. The Bertz CT molecular complexity index is 684. The minimum atomic E-state index is -0.520. The van der Waals surface area contributed by atoms with Crippen molar-refractivity contribution in [2.45, 2.75) is 13.3 Å². The third kappa shape index (κ3) is 3.38. The standard InChI is InChI=1S/C13H13ClN4O3/c1-3-10-16-11(18-17-10)12(19)15-9-6-7(13(20)21-2)4-5-8(9)14/h4-6H,3H2,1-2H3,(H,15,19)(H,16,17,18). The molecule has 0 spiro atoms. The molecule has 0 saturated carbocycles. The molecule has 8 heteroatoms. The molecule has 2 rings (SSSR count). The van der Waals surface area contributed by atoms with Gasteiger partial charge in [-0.2, -0.15) is 0 Å². The number of aryl methyl sites for hydroxylation is 1. The van der Waals surface area contributed by atoms with E-state index in [1.54, 1.807) is 0 Å². The molecule has 0 radical (unpaired) electrons. The monoisotopic (exact) mass is 308 g/mol. The van der Waals surface area contributed by atoms with Gasteiger partial charge in [0.05, 0.1) is 23.4 Å². The largest absolute Gasteiger partial charge is 0.465 e. The lowest BCUT2D eigenvalue weighted by molar-refractivity contribution is 0.0600. The highest BCUT2D eigenvalue weighted by atomic mass is 35.5. The molecule has 2 aromatic rings. The number of ether oxygens (including phenoxy) is 1. The number of rotatable bonds is 4. The third-order valence-electron chi connectivity index (χ3n) is 2.71. The Kier molecular flexibility index (Phi) is 4.54. The first-order valence-electron chi connectivity index (χ1n) is 6.15. The van der Waals surface area contributed by atoms with Crippen molar-refractivity contribution in [1.82, 2.24) is 15.2 Å². The highest BCUT2D eigenvalue weighted by molar-refractivity contribution is 6.34. The Morgan fingerprint density at radius 1 is 1.43 bits per heavy atom. The van der Waals surface area contributed by atoms with Crippen LogP contribution in [-0.2, 0) is 11.2 Å². The number of benzene rings is 1. The van der Waals surface area contributed by atoms with Crippen LogP contribution in [0.4, 0.5) is 5.69 Å². The Morgan fingerprint density at radius 2 is 2.19 bits per heavy atom. The van der Waals surface area contributed by atoms with Crippen LogP contribution in [-0.4, -0.2) is 34.2 Å². The number of nitrogens with zero attached hydrogens (tertiary/aromatic N) is 2. The van der Waals surface area contributed by atoms with Gasteiger partial charge in [0.15, 0.2) is 0 Å². The number of amides is 1. The zero-order valence-corrected chi connectivity index (χ0v) is 12.2. The van der Waals surface area contributed by atoms with Gasteiger partial charge >= 0.3 is 5.97 Å². The number of methoxy groups -OCH3 is 1. The fourth-order valence-electron chi connectivity index (χ4n) is 1.60. The van der Waals surface area contributed by atoms with E-state index in [1.165, 1.54) is 25.3 Å². The van der Waals surface area contributed by atoms with Gasteiger partial charge in [-0.15, -0.1) is 5.10 Å². The molecule has 1 heterocycles. The maximum absolute atomic E-state index is 12.0. The van der Waals surface area contributed by atoms with Crippen LogP contribution in [0.1, 0.15) is 33.7 Å². The zero-order valence-electron chi connectivity index (χ0n) is 11.4. The highest BCUT2D eigenvalue weighted by Gasteiger charge is 2.15. The van der Waals surface area contributed by atoms with Crippen molar-refractivity contribution in [2.75, 3.05) is 12.4 Å². The van der Waals surface area contributed by atoms with E-state index in [0.717, 1.165) is 0 Å². The molecule has 1 aromatic heterocycles. The topological polar surface area (TPSA) is 97.0 Å². The molecule has 1 aromatic carbocycles. The summed E-state index contributed by atoms with van der Waals surface area (Å²) in [4.78, 5) is 27.5. The third-order valence-corrected chi connectivity index (χ3v) is 3.03. The molecule has 0 unspecified atom stereocenters. The Balaban J connectivity index is 2.22. The summed E-state index contributed by atoms with van der Waals surface area (Å²) in [5.74, 6) is -0.427. The number of nitrogens with one attached hydrogen (secondary N) is 2. The molecule has 0 aliphatic heterocycles.